The lowest BCUT2D eigenvalue weighted by atomic mass is 10.1. The van der Waals surface area contributed by atoms with Crippen molar-refractivity contribution in [3.8, 4) is 11.6 Å². The summed E-state index contributed by atoms with van der Waals surface area (Å²) in [6.07, 6.45) is 1.52. The summed E-state index contributed by atoms with van der Waals surface area (Å²) in [4.78, 5) is 18.9. The second-order valence-corrected chi connectivity index (χ2v) is 6.97. The van der Waals surface area contributed by atoms with Crippen LogP contribution in [-0.2, 0) is 6.61 Å². The molecule has 8 heteroatoms. The lowest BCUT2D eigenvalue weighted by molar-refractivity contribution is 0.0953. The Labute approximate surface area is 167 Å². The summed E-state index contributed by atoms with van der Waals surface area (Å²) < 4.78 is 12.6. The Bertz CT molecular complexity index is 986. The lowest BCUT2D eigenvalue weighted by Gasteiger charge is -2.31. The summed E-state index contributed by atoms with van der Waals surface area (Å²) in [5, 5.41) is 5.08. The maximum atomic E-state index is 13.0. The number of benzene rings is 1. The number of carbonyl (C=O) groups is 1. The first-order chi connectivity index (χ1) is 13.5. The molecule has 2 aromatic heterocycles. The molecule has 7 nitrogen and oxygen atoms in total. The van der Waals surface area contributed by atoms with Crippen LogP contribution in [0, 0.1) is 0 Å². The fourth-order valence-electron chi connectivity index (χ4n) is 3.15. The maximum absolute atomic E-state index is 13.0. The number of hydrogen-bond acceptors (Lipinski definition) is 5. The van der Waals surface area contributed by atoms with Crippen molar-refractivity contribution in [2.24, 2.45) is 0 Å². The fraction of sp³-hybridized carbons (Fsp3) is 0.250. The number of amides is 1. The second-order valence-electron chi connectivity index (χ2n) is 6.53. The highest BCUT2D eigenvalue weighted by atomic mass is 35.5. The van der Waals surface area contributed by atoms with Crippen LogP contribution in [0.2, 0.25) is 5.02 Å². The predicted octanol–water partition coefficient (Wildman–Crippen LogP) is 3.74. The van der Waals surface area contributed by atoms with Gasteiger partial charge in [0.05, 0.1) is 18.2 Å². The Balaban J connectivity index is 1.53. The van der Waals surface area contributed by atoms with Gasteiger partial charge >= 0.3 is 0 Å². The van der Waals surface area contributed by atoms with Gasteiger partial charge in [0.15, 0.2) is 0 Å². The number of carbonyl (C=O) groups excluding carboxylic acids is 1. The van der Waals surface area contributed by atoms with Gasteiger partial charge in [-0.05, 0) is 43.3 Å². The number of fused-ring (bicyclic) bond motifs is 1. The van der Waals surface area contributed by atoms with Crippen molar-refractivity contribution < 1.29 is 14.3 Å². The highest BCUT2D eigenvalue weighted by molar-refractivity contribution is 6.30. The molecule has 1 aliphatic rings. The molecular weight excluding hydrogens is 380 g/mol. The number of nitrogens with zero attached hydrogens (tertiary/aromatic N) is 4. The summed E-state index contributed by atoms with van der Waals surface area (Å²) in [6.45, 7) is 2.79. The number of pyridine rings is 1. The first-order valence-corrected chi connectivity index (χ1v) is 9.21. The van der Waals surface area contributed by atoms with Crippen LogP contribution >= 0.6 is 11.6 Å². The molecule has 0 aliphatic carbocycles. The first-order valence-electron chi connectivity index (χ1n) is 8.84. The van der Waals surface area contributed by atoms with Gasteiger partial charge in [0.2, 0.25) is 5.88 Å². The van der Waals surface area contributed by atoms with E-state index >= 15 is 0 Å². The summed E-state index contributed by atoms with van der Waals surface area (Å²) in [5.41, 5.74) is 2.04. The fourth-order valence-corrected chi connectivity index (χ4v) is 3.27. The average molecular weight is 399 g/mol. The lowest BCUT2D eigenvalue weighted by Crippen LogP contribution is -2.42. The van der Waals surface area contributed by atoms with E-state index in [9.17, 15) is 4.79 Å². The molecule has 0 unspecified atom stereocenters. The van der Waals surface area contributed by atoms with Gasteiger partial charge in [-0.3, -0.25) is 9.48 Å². The van der Waals surface area contributed by atoms with Crippen molar-refractivity contribution in [2.75, 3.05) is 18.6 Å². The van der Waals surface area contributed by atoms with Gasteiger partial charge in [0.1, 0.15) is 23.7 Å². The van der Waals surface area contributed by atoms with Crippen LogP contribution in [0.15, 0.2) is 48.7 Å². The molecule has 3 heterocycles. The van der Waals surface area contributed by atoms with E-state index in [4.69, 9.17) is 21.1 Å². The topological polar surface area (TPSA) is 69.5 Å². The van der Waals surface area contributed by atoms with Crippen LogP contribution in [0.3, 0.4) is 0 Å². The molecule has 0 fully saturated rings. The Morgan fingerprint density at radius 2 is 2.00 bits per heavy atom. The number of aromatic nitrogens is 3. The van der Waals surface area contributed by atoms with Crippen molar-refractivity contribution in [1.82, 2.24) is 14.8 Å². The van der Waals surface area contributed by atoms with Gasteiger partial charge in [0, 0.05) is 24.5 Å². The van der Waals surface area contributed by atoms with Gasteiger partial charge < -0.3 is 14.4 Å². The van der Waals surface area contributed by atoms with E-state index in [2.05, 4.69) is 10.1 Å². The number of hydrogen-bond donors (Lipinski definition) is 0. The molecule has 0 saturated heterocycles. The third-order valence-corrected chi connectivity index (χ3v) is 4.79. The zero-order valence-corrected chi connectivity index (χ0v) is 16.3. The van der Waals surface area contributed by atoms with Crippen molar-refractivity contribution in [3.05, 3.63) is 65.1 Å². The standard InChI is InChI=1S/C20H19ClN4O3/c1-13-11-24(16-4-6-17(27-2)7-5-16)20(26)18-9-15(23-25(13)18)12-28-19-8-3-14(21)10-22-19/h3-10,13H,11-12H2,1-2H3/t13-/m1/s1. The summed E-state index contributed by atoms with van der Waals surface area (Å²) in [6, 6.07) is 12.7. The summed E-state index contributed by atoms with van der Waals surface area (Å²) in [7, 11) is 1.62. The zero-order valence-electron chi connectivity index (χ0n) is 15.5. The van der Waals surface area contributed by atoms with Crippen LogP contribution in [0.25, 0.3) is 0 Å². The van der Waals surface area contributed by atoms with Crippen LogP contribution in [0.4, 0.5) is 5.69 Å². The molecule has 0 bridgehead atoms. The predicted molar refractivity (Wildman–Crippen MR) is 105 cm³/mol. The molecular formula is C20H19ClN4O3. The maximum Gasteiger partial charge on any atom is 0.276 e. The number of ether oxygens (including phenoxy) is 2. The van der Waals surface area contributed by atoms with E-state index in [1.807, 2.05) is 31.2 Å². The Morgan fingerprint density at radius 3 is 2.68 bits per heavy atom. The quantitative estimate of drug-likeness (QED) is 0.654. The van der Waals surface area contributed by atoms with Crippen LogP contribution in [0.1, 0.15) is 29.1 Å². The average Bonchev–Trinajstić information content (AvgIpc) is 3.16. The van der Waals surface area contributed by atoms with E-state index in [0.717, 1.165) is 11.4 Å². The van der Waals surface area contributed by atoms with E-state index in [1.165, 1.54) is 6.20 Å². The molecule has 4 rings (SSSR count). The van der Waals surface area contributed by atoms with Crippen molar-refractivity contribution in [2.45, 2.75) is 19.6 Å². The molecule has 0 spiro atoms. The van der Waals surface area contributed by atoms with Crippen molar-refractivity contribution >= 4 is 23.2 Å². The molecule has 28 heavy (non-hydrogen) atoms. The first kappa shape index (κ1) is 18.3. The largest absolute Gasteiger partial charge is 0.497 e. The molecule has 1 aliphatic heterocycles. The molecule has 0 N–H and O–H groups in total. The number of rotatable bonds is 5. The van der Waals surface area contributed by atoms with Gasteiger partial charge in [-0.2, -0.15) is 5.10 Å². The van der Waals surface area contributed by atoms with Gasteiger partial charge in [-0.15, -0.1) is 0 Å². The van der Waals surface area contributed by atoms with Gasteiger partial charge in [-0.25, -0.2) is 4.98 Å². The van der Waals surface area contributed by atoms with Crippen molar-refractivity contribution in [1.29, 1.82) is 0 Å². The van der Waals surface area contributed by atoms with Crippen LogP contribution < -0.4 is 14.4 Å². The molecule has 1 amide bonds. The van der Waals surface area contributed by atoms with E-state index in [0.29, 0.717) is 28.8 Å². The molecule has 3 aromatic rings. The third-order valence-electron chi connectivity index (χ3n) is 4.57. The van der Waals surface area contributed by atoms with Gasteiger partial charge in [0.25, 0.3) is 5.91 Å². The van der Waals surface area contributed by atoms with Crippen LogP contribution in [0.5, 0.6) is 11.6 Å². The minimum atomic E-state index is -0.0911. The van der Waals surface area contributed by atoms with E-state index in [-0.39, 0.29) is 18.6 Å². The van der Waals surface area contributed by atoms with Crippen molar-refractivity contribution in [3.63, 3.8) is 0 Å². The number of halogens is 1. The van der Waals surface area contributed by atoms with Crippen LogP contribution in [-0.4, -0.2) is 34.3 Å². The molecule has 1 aromatic carbocycles. The highest BCUT2D eigenvalue weighted by Gasteiger charge is 2.31. The Hall–Kier alpha value is -3.06. The zero-order chi connectivity index (χ0) is 19.7. The molecule has 144 valence electrons. The normalized spacial score (nSPS) is 16.0. The summed E-state index contributed by atoms with van der Waals surface area (Å²) >= 11 is 5.83. The minimum absolute atomic E-state index is 0.0391. The molecule has 1 atom stereocenters. The smallest absolute Gasteiger partial charge is 0.276 e. The Kier molecular flexibility index (Phi) is 4.92. The highest BCUT2D eigenvalue weighted by Crippen LogP contribution is 2.28. The van der Waals surface area contributed by atoms with E-state index < -0.39 is 0 Å². The molecule has 0 saturated carbocycles. The Morgan fingerprint density at radius 1 is 1.21 bits per heavy atom. The second kappa shape index (κ2) is 7.52. The number of methoxy groups -OCH3 is 1. The van der Waals surface area contributed by atoms with Gasteiger partial charge in [-0.1, -0.05) is 11.6 Å². The van der Waals surface area contributed by atoms with E-state index in [1.54, 1.807) is 34.9 Å². The summed E-state index contributed by atoms with van der Waals surface area (Å²) in [5.74, 6) is 1.11. The molecule has 0 radical (unpaired) electrons. The third kappa shape index (κ3) is 3.53. The minimum Gasteiger partial charge on any atom is -0.497 e. The number of anilines is 1. The SMILES string of the molecule is COc1ccc(N2C[C@@H](C)n3nc(COc4ccc(Cl)cn4)cc3C2=O)cc1. The monoisotopic (exact) mass is 398 g/mol.